The monoisotopic (exact) mass is 336 g/mol. The summed E-state index contributed by atoms with van der Waals surface area (Å²) in [6.45, 7) is 0.383. The summed E-state index contributed by atoms with van der Waals surface area (Å²) in [6, 6.07) is 11.8. The highest BCUT2D eigenvalue weighted by Gasteiger charge is 2.22. The molecule has 0 fully saturated rings. The highest BCUT2D eigenvalue weighted by molar-refractivity contribution is 9.10. The normalized spacial score (nSPS) is 12.8. The number of para-hydroxylation sites is 1. The summed E-state index contributed by atoms with van der Waals surface area (Å²) in [4.78, 5) is 11.4. The van der Waals surface area contributed by atoms with Crippen molar-refractivity contribution < 1.29 is 19.7 Å². The molecule has 0 aliphatic carbocycles. The minimum absolute atomic E-state index is 0.0574. The number of rotatable bonds is 0. The van der Waals surface area contributed by atoms with Gasteiger partial charge in [-0.1, -0.05) is 18.2 Å². The maximum Gasteiger partial charge on any atom is 0.170 e. The SMILES string of the molecule is O=C1CCOc2c1ccc(O)c2Br.Oc1ccccc1. The highest BCUT2D eigenvalue weighted by Crippen LogP contribution is 2.38. The number of fused-ring (bicyclic) bond motifs is 1. The average Bonchev–Trinajstić information content (AvgIpc) is 2.45. The van der Waals surface area contributed by atoms with Gasteiger partial charge in [0.15, 0.2) is 5.78 Å². The Labute approximate surface area is 124 Å². The lowest BCUT2D eigenvalue weighted by molar-refractivity contribution is 0.0932. The van der Waals surface area contributed by atoms with Crippen LogP contribution < -0.4 is 4.74 Å². The molecule has 0 saturated heterocycles. The summed E-state index contributed by atoms with van der Waals surface area (Å²) in [5.41, 5.74) is 0.538. The van der Waals surface area contributed by atoms with Crippen molar-refractivity contribution in [2.45, 2.75) is 6.42 Å². The predicted octanol–water partition coefficient (Wildman–Crippen LogP) is 3.51. The predicted molar refractivity (Wildman–Crippen MR) is 78.4 cm³/mol. The molecule has 20 heavy (non-hydrogen) atoms. The molecule has 2 aromatic carbocycles. The Morgan fingerprint density at radius 2 is 1.75 bits per heavy atom. The molecule has 0 radical (unpaired) electrons. The molecule has 0 unspecified atom stereocenters. The lowest BCUT2D eigenvalue weighted by atomic mass is 10.1. The number of hydrogen-bond donors (Lipinski definition) is 2. The lowest BCUT2D eigenvalue weighted by Crippen LogP contribution is -2.15. The fourth-order valence-electron chi connectivity index (χ4n) is 1.71. The van der Waals surface area contributed by atoms with Crippen molar-refractivity contribution >= 4 is 21.7 Å². The van der Waals surface area contributed by atoms with Crippen molar-refractivity contribution in [3.05, 3.63) is 52.5 Å². The molecule has 1 aliphatic rings. The van der Waals surface area contributed by atoms with E-state index in [-0.39, 0.29) is 11.5 Å². The number of phenols is 2. The Morgan fingerprint density at radius 3 is 2.35 bits per heavy atom. The summed E-state index contributed by atoms with van der Waals surface area (Å²) < 4.78 is 5.73. The highest BCUT2D eigenvalue weighted by atomic mass is 79.9. The number of ether oxygens (including phenoxy) is 1. The van der Waals surface area contributed by atoms with Gasteiger partial charge in [0.05, 0.1) is 12.2 Å². The van der Waals surface area contributed by atoms with Crippen LogP contribution in [0.25, 0.3) is 0 Å². The minimum Gasteiger partial charge on any atom is -0.508 e. The molecule has 0 spiro atoms. The smallest absolute Gasteiger partial charge is 0.170 e. The van der Waals surface area contributed by atoms with Crippen molar-refractivity contribution in [1.82, 2.24) is 0 Å². The van der Waals surface area contributed by atoms with E-state index in [0.29, 0.717) is 34.6 Å². The van der Waals surface area contributed by atoms with Crippen molar-refractivity contribution in [1.29, 1.82) is 0 Å². The number of phenolic OH excluding ortho intramolecular Hbond substituents is 2. The molecule has 0 atom stereocenters. The van der Waals surface area contributed by atoms with Gasteiger partial charge in [-0.05, 0) is 40.2 Å². The molecular formula is C15H13BrO4. The number of ketones is 1. The van der Waals surface area contributed by atoms with Crippen LogP contribution in [0, 0.1) is 0 Å². The number of carbonyl (C=O) groups excluding carboxylic acids is 1. The zero-order valence-corrected chi connectivity index (χ0v) is 12.1. The summed E-state index contributed by atoms with van der Waals surface area (Å²) in [5.74, 6) is 0.925. The van der Waals surface area contributed by atoms with Gasteiger partial charge < -0.3 is 14.9 Å². The van der Waals surface area contributed by atoms with Crippen molar-refractivity contribution in [3.8, 4) is 17.2 Å². The standard InChI is InChI=1S/C9H7BrO3.C6H6O/c10-8-7(12)2-1-5-6(11)3-4-13-9(5)8;7-6-4-2-1-3-5-6/h1-2,12H,3-4H2;1-5,7H. The van der Waals surface area contributed by atoms with Crippen LogP contribution in [0.1, 0.15) is 16.8 Å². The zero-order chi connectivity index (χ0) is 14.5. The second-order valence-corrected chi connectivity index (χ2v) is 4.93. The van der Waals surface area contributed by atoms with Crippen LogP contribution in [0.3, 0.4) is 0 Å². The number of aromatic hydroxyl groups is 2. The first-order valence-corrected chi connectivity index (χ1v) is 6.80. The third kappa shape index (κ3) is 3.30. The van der Waals surface area contributed by atoms with E-state index in [1.807, 2.05) is 6.07 Å². The number of Topliss-reactive ketones (excluding diaryl/α,β-unsaturated/α-hetero) is 1. The van der Waals surface area contributed by atoms with E-state index >= 15 is 0 Å². The average molecular weight is 337 g/mol. The Hall–Kier alpha value is -2.01. The molecule has 3 rings (SSSR count). The van der Waals surface area contributed by atoms with E-state index in [0.717, 1.165) is 0 Å². The number of benzene rings is 2. The maximum absolute atomic E-state index is 11.4. The molecular weight excluding hydrogens is 324 g/mol. The largest absolute Gasteiger partial charge is 0.508 e. The van der Waals surface area contributed by atoms with Crippen LogP contribution in [-0.2, 0) is 0 Å². The second-order valence-electron chi connectivity index (χ2n) is 4.13. The van der Waals surface area contributed by atoms with Crippen molar-refractivity contribution in [2.75, 3.05) is 6.61 Å². The van der Waals surface area contributed by atoms with Gasteiger partial charge in [-0.2, -0.15) is 0 Å². The summed E-state index contributed by atoms with van der Waals surface area (Å²) in [5, 5.41) is 18.0. The molecule has 1 heterocycles. The number of halogens is 1. The van der Waals surface area contributed by atoms with Gasteiger partial charge in [0.2, 0.25) is 0 Å². The number of carbonyl (C=O) groups is 1. The molecule has 0 bridgehead atoms. The van der Waals surface area contributed by atoms with Crippen LogP contribution in [0.15, 0.2) is 46.9 Å². The fourth-order valence-corrected chi connectivity index (χ4v) is 2.18. The molecule has 5 heteroatoms. The van der Waals surface area contributed by atoms with E-state index in [1.54, 1.807) is 30.3 Å². The van der Waals surface area contributed by atoms with Crippen LogP contribution in [0.2, 0.25) is 0 Å². The van der Waals surface area contributed by atoms with E-state index < -0.39 is 0 Å². The molecule has 0 saturated carbocycles. The van der Waals surface area contributed by atoms with E-state index in [9.17, 15) is 9.90 Å². The van der Waals surface area contributed by atoms with Crippen LogP contribution in [-0.4, -0.2) is 22.6 Å². The fraction of sp³-hybridized carbons (Fsp3) is 0.133. The van der Waals surface area contributed by atoms with Gasteiger partial charge in [-0.3, -0.25) is 4.79 Å². The van der Waals surface area contributed by atoms with Gasteiger partial charge in [0.1, 0.15) is 21.7 Å². The summed E-state index contributed by atoms with van der Waals surface area (Å²) >= 11 is 3.17. The van der Waals surface area contributed by atoms with Crippen LogP contribution in [0.4, 0.5) is 0 Å². The van der Waals surface area contributed by atoms with Gasteiger partial charge in [0, 0.05) is 6.42 Å². The Balaban J connectivity index is 0.000000178. The third-order valence-corrected chi connectivity index (χ3v) is 3.48. The number of hydrogen-bond acceptors (Lipinski definition) is 4. The minimum atomic E-state index is 0.0574. The van der Waals surface area contributed by atoms with Crippen molar-refractivity contribution in [3.63, 3.8) is 0 Å². The maximum atomic E-state index is 11.4. The lowest BCUT2D eigenvalue weighted by Gasteiger charge is -2.17. The van der Waals surface area contributed by atoms with Crippen LogP contribution in [0.5, 0.6) is 17.2 Å². The van der Waals surface area contributed by atoms with Crippen molar-refractivity contribution in [2.24, 2.45) is 0 Å². The van der Waals surface area contributed by atoms with Gasteiger partial charge >= 0.3 is 0 Å². The van der Waals surface area contributed by atoms with Crippen LogP contribution >= 0.6 is 15.9 Å². The first kappa shape index (κ1) is 14.4. The Kier molecular flexibility index (Phi) is 4.63. The zero-order valence-electron chi connectivity index (χ0n) is 10.5. The van der Waals surface area contributed by atoms with E-state index in [1.165, 1.54) is 6.07 Å². The van der Waals surface area contributed by atoms with Gasteiger partial charge in [-0.25, -0.2) is 0 Å². The first-order valence-electron chi connectivity index (χ1n) is 6.01. The van der Waals surface area contributed by atoms with E-state index in [4.69, 9.17) is 9.84 Å². The van der Waals surface area contributed by atoms with Gasteiger partial charge in [0.25, 0.3) is 0 Å². The topological polar surface area (TPSA) is 66.8 Å². The molecule has 0 amide bonds. The second kappa shape index (κ2) is 6.43. The molecule has 0 aromatic heterocycles. The molecule has 1 aliphatic heterocycles. The Bertz CT molecular complexity index is 611. The molecule has 4 nitrogen and oxygen atoms in total. The quantitative estimate of drug-likeness (QED) is 0.772. The van der Waals surface area contributed by atoms with E-state index in [2.05, 4.69) is 15.9 Å². The Morgan fingerprint density at radius 1 is 1.05 bits per heavy atom. The molecule has 2 aromatic rings. The third-order valence-electron chi connectivity index (χ3n) is 2.71. The van der Waals surface area contributed by atoms with Gasteiger partial charge in [-0.15, -0.1) is 0 Å². The first-order chi connectivity index (χ1) is 9.59. The molecule has 104 valence electrons. The summed E-state index contributed by atoms with van der Waals surface area (Å²) in [6.07, 6.45) is 0.407. The molecule has 2 N–H and O–H groups in total. The summed E-state index contributed by atoms with van der Waals surface area (Å²) in [7, 11) is 0.